The zero-order valence-corrected chi connectivity index (χ0v) is 49.8. The summed E-state index contributed by atoms with van der Waals surface area (Å²) in [5, 5.41) is 7.15. The molecule has 1 spiro atoms. The van der Waals surface area contributed by atoms with Gasteiger partial charge in [-0.05, 0) is 171 Å². The molecule has 1 unspecified atom stereocenters. The molecule has 0 N–H and O–H groups in total. The predicted molar refractivity (Wildman–Crippen MR) is 349 cm³/mol. The number of nitrogens with zero attached hydrogens (tertiary/aromatic N) is 2. The van der Waals surface area contributed by atoms with Crippen LogP contribution in [0.5, 0.6) is 0 Å². The Bertz CT molecular complexity index is 4340. The van der Waals surface area contributed by atoms with E-state index in [0.717, 1.165) is 56.8 Å². The molecule has 14 rings (SSSR count). The monoisotopic (exact) mass is 1070 g/mol. The van der Waals surface area contributed by atoms with Crippen LogP contribution in [-0.4, -0.2) is 6.04 Å². The van der Waals surface area contributed by atoms with E-state index in [4.69, 9.17) is 4.42 Å². The average molecular weight is 1070 g/mol. The molecule has 0 saturated heterocycles. The van der Waals surface area contributed by atoms with E-state index in [1.54, 1.807) is 0 Å². The summed E-state index contributed by atoms with van der Waals surface area (Å²) in [6.07, 6.45) is 8.20. The lowest BCUT2D eigenvalue weighted by Gasteiger charge is -2.37. The number of para-hydroxylation sites is 1. The Morgan fingerprint density at radius 2 is 0.927 bits per heavy atom. The summed E-state index contributed by atoms with van der Waals surface area (Å²) < 4.78 is 7.58. The maximum atomic E-state index is 7.58. The summed E-state index contributed by atoms with van der Waals surface area (Å²) in [7, 11) is 0. The molecule has 0 aliphatic heterocycles. The van der Waals surface area contributed by atoms with Crippen LogP contribution in [0.1, 0.15) is 128 Å². The first-order valence-electron chi connectivity index (χ1n) is 29.7. The first kappa shape index (κ1) is 51.7. The van der Waals surface area contributed by atoms with Gasteiger partial charge < -0.3 is 14.2 Å². The molecular formula is C79H74N2O. The lowest BCUT2D eigenvalue weighted by Crippen LogP contribution is -2.32. The molecule has 3 aliphatic carbocycles. The Hall–Kier alpha value is -8.40. The zero-order chi connectivity index (χ0) is 56.8. The van der Waals surface area contributed by atoms with Gasteiger partial charge in [0.1, 0.15) is 11.2 Å². The Morgan fingerprint density at radius 3 is 1.46 bits per heavy atom. The van der Waals surface area contributed by atoms with E-state index in [2.05, 4.69) is 305 Å². The highest BCUT2D eigenvalue weighted by molar-refractivity contribution is 6.26. The normalized spacial score (nSPS) is 15.5. The van der Waals surface area contributed by atoms with Gasteiger partial charge in [-0.3, -0.25) is 0 Å². The van der Waals surface area contributed by atoms with Crippen LogP contribution in [-0.2, 0) is 21.7 Å². The number of furan rings is 1. The highest BCUT2D eigenvalue weighted by Gasteiger charge is 2.55. The molecule has 0 bridgehead atoms. The Balaban J connectivity index is 1.10. The fraction of sp³-hybridized carbons (Fsp3) is 0.241. The number of benzene rings is 10. The second kappa shape index (κ2) is 18.3. The van der Waals surface area contributed by atoms with Gasteiger partial charge in [0.2, 0.25) is 0 Å². The molecular weight excluding hydrogens is 993 g/mol. The number of allylic oxidation sites excluding steroid dienone is 2. The van der Waals surface area contributed by atoms with Crippen molar-refractivity contribution in [3.63, 3.8) is 0 Å². The molecule has 1 heterocycles. The van der Waals surface area contributed by atoms with Crippen molar-refractivity contribution in [1.82, 2.24) is 0 Å². The minimum atomic E-state index is -0.724. The molecule has 1 aromatic heterocycles. The summed E-state index contributed by atoms with van der Waals surface area (Å²) in [5.41, 5.74) is 22.3. The predicted octanol–water partition coefficient (Wildman–Crippen LogP) is 22.0. The van der Waals surface area contributed by atoms with Crippen molar-refractivity contribution < 1.29 is 4.42 Å². The van der Waals surface area contributed by atoms with Crippen LogP contribution in [0.4, 0.5) is 28.4 Å². The number of hydrogen-bond donors (Lipinski definition) is 0. The van der Waals surface area contributed by atoms with Crippen LogP contribution in [0.25, 0.3) is 65.7 Å². The highest BCUT2D eigenvalue weighted by atomic mass is 16.3. The molecule has 1 atom stereocenters. The maximum absolute atomic E-state index is 7.58. The van der Waals surface area contributed by atoms with Crippen LogP contribution >= 0.6 is 0 Å². The molecule has 0 radical (unpaired) electrons. The molecule has 406 valence electrons. The summed E-state index contributed by atoms with van der Waals surface area (Å²) in [5.74, 6) is 0. The van der Waals surface area contributed by atoms with Gasteiger partial charge in [-0.15, -0.1) is 0 Å². The Labute approximate surface area is 485 Å². The Kier molecular flexibility index (Phi) is 11.5. The third-order valence-electron chi connectivity index (χ3n) is 18.4. The van der Waals surface area contributed by atoms with E-state index < -0.39 is 5.41 Å². The van der Waals surface area contributed by atoms with Crippen molar-refractivity contribution >= 4 is 71.9 Å². The molecule has 11 aromatic rings. The first-order chi connectivity index (χ1) is 39.2. The highest BCUT2D eigenvalue weighted by Crippen LogP contribution is 2.68. The van der Waals surface area contributed by atoms with Crippen molar-refractivity contribution in [2.45, 2.75) is 117 Å². The first-order valence-corrected chi connectivity index (χ1v) is 29.7. The van der Waals surface area contributed by atoms with Crippen molar-refractivity contribution in [2.24, 2.45) is 5.41 Å². The van der Waals surface area contributed by atoms with Gasteiger partial charge in [0, 0.05) is 33.7 Å². The van der Waals surface area contributed by atoms with E-state index >= 15 is 0 Å². The minimum absolute atomic E-state index is 0.00145. The largest absolute Gasteiger partial charge is 0.455 e. The molecule has 3 heteroatoms. The Morgan fingerprint density at radius 1 is 0.427 bits per heavy atom. The van der Waals surface area contributed by atoms with Crippen molar-refractivity contribution in [3.8, 4) is 22.3 Å². The number of rotatable bonds is 6. The molecule has 3 aliphatic rings. The third kappa shape index (κ3) is 7.90. The second-order valence-electron chi connectivity index (χ2n) is 27.7. The van der Waals surface area contributed by atoms with Gasteiger partial charge in [0.15, 0.2) is 0 Å². The fourth-order valence-electron chi connectivity index (χ4n) is 14.2. The third-order valence-corrected chi connectivity index (χ3v) is 18.4. The molecule has 0 fully saturated rings. The van der Waals surface area contributed by atoms with Crippen molar-refractivity contribution in [1.29, 1.82) is 0 Å². The van der Waals surface area contributed by atoms with Gasteiger partial charge in [-0.2, -0.15) is 0 Å². The van der Waals surface area contributed by atoms with Gasteiger partial charge in [-0.1, -0.05) is 235 Å². The van der Waals surface area contributed by atoms with E-state index in [-0.39, 0.29) is 27.7 Å². The molecule has 10 aromatic carbocycles. The number of fused-ring (bicyclic) bond motifs is 19. The second-order valence-corrected chi connectivity index (χ2v) is 27.7. The summed E-state index contributed by atoms with van der Waals surface area (Å²) in [6.45, 7) is 27.6. The van der Waals surface area contributed by atoms with E-state index in [0.29, 0.717) is 0 Å². The molecule has 82 heavy (non-hydrogen) atoms. The zero-order valence-electron chi connectivity index (χ0n) is 49.8. The topological polar surface area (TPSA) is 19.6 Å². The summed E-state index contributed by atoms with van der Waals surface area (Å²) in [4.78, 5) is 5.10. The SMILES string of the molecule is CC(C)(C)C1=CCC(N(c2ccc(C(C)(C)C)cc2)c2cc3c(c4oc5ccccc5c24)-c2c(c4ccc(N(c5ccc(C(C)(C)C)cc5)c5ccc(C(C)(C)C)cc5)cc4c4ccccc24)C32c3ccccc3-c3ccccc32)C=C1. The number of hydrogen-bond acceptors (Lipinski definition) is 3. The minimum Gasteiger partial charge on any atom is -0.455 e. The van der Waals surface area contributed by atoms with Crippen LogP contribution in [0.2, 0.25) is 0 Å². The molecule has 3 nitrogen and oxygen atoms in total. The van der Waals surface area contributed by atoms with E-state index in [1.165, 1.54) is 88.3 Å². The summed E-state index contributed by atoms with van der Waals surface area (Å²) >= 11 is 0. The quantitative estimate of drug-likeness (QED) is 0.155. The van der Waals surface area contributed by atoms with Gasteiger partial charge in [-0.25, -0.2) is 0 Å². The molecule has 0 saturated carbocycles. The maximum Gasteiger partial charge on any atom is 0.145 e. The van der Waals surface area contributed by atoms with Crippen molar-refractivity contribution in [2.75, 3.05) is 9.80 Å². The van der Waals surface area contributed by atoms with E-state index in [9.17, 15) is 0 Å². The lowest BCUT2D eigenvalue weighted by molar-refractivity contribution is 0.510. The van der Waals surface area contributed by atoms with Gasteiger partial charge in [0.25, 0.3) is 0 Å². The van der Waals surface area contributed by atoms with Crippen LogP contribution in [0.15, 0.2) is 222 Å². The average Bonchev–Trinajstić information content (AvgIpc) is 1.60. The lowest BCUT2D eigenvalue weighted by atomic mass is 9.69. The van der Waals surface area contributed by atoms with Crippen molar-refractivity contribution in [3.05, 3.63) is 257 Å². The van der Waals surface area contributed by atoms with Gasteiger partial charge in [0.05, 0.1) is 22.5 Å². The smallest absolute Gasteiger partial charge is 0.145 e. The molecule has 0 amide bonds. The van der Waals surface area contributed by atoms with Crippen LogP contribution < -0.4 is 9.80 Å². The van der Waals surface area contributed by atoms with Crippen LogP contribution in [0.3, 0.4) is 0 Å². The standard InChI is InChI=1S/C79H74N2O/c1-75(2,3)49-29-37-53(38-30-49)80(54-39-31-50(32-40-54)76(4,5)6)57-45-46-62-64(47-57)58-21-13-14-24-61(58)71-72-67(79(73(62)71)65-26-18-15-22-59(65)60-23-16-19-27-66(60)79)48-68(70-63-25-17-20-28-69(63)82-74(70)72)81(55-41-33-51(34-42-55)77(7,8)9)56-43-35-52(36-44-56)78(10,11)12/h13-43,45-48,56H,44H2,1-12H3. The number of anilines is 5. The van der Waals surface area contributed by atoms with Crippen LogP contribution in [0, 0.1) is 5.41 Å². The van der Waals surface area contributed by atoms with E-state index in [1.807, 2.05) is 0 Å². The fourth-order valence-corrected chi connectivity index (χ4v) is 14.2. The van der Waals surface area contributed by atoms with Gasteiger partial charge >= 0.3 is 0 Å². The summed E-state index contributed by atoms with van der Waals surface area (Å²) in [6, 6.07) is 74.3.